The second-order valence-corrected chi connectivity index (χ2v) is 4.13. The molecular weight excluding hydrogens is 164 g/mol. The lowest BCUT2D eigenvalue weighted by molar-refractivity contribution is -0.117. The van der Waals surface area contributed by atoms with E-state index in [4.69, 9.17) is 0 Å². The van der Waals surface area contributed by atoms with Gasteiger partial charge in [-0.05, 0) is 24.8 Å². The molecule has 1 aliphatic heterocycles. The van der Waals surface area contributed by atoms with Crippen LogP contribution in [0.25, 0.3) is 0 Å². The molecule has 1 heterocycles. The quantitative estimate of drug-likeness (QED) is 0.605. The van der Waals surface area contributed by atoms with Gasteiger partial charge in [0.1, 0.15) is 0 Å². The third-order valence-corrected chi connectivity index (χ3v) is 2.97. The van der Waals surface area contributed by atoms with Gasteiger partial charge in [0.2, 0.25) is 5.91 Å². The van der Waals surface area contributed by atoms with Crippen molar-refractivity contribution < 1.29 is 4.79 Å². The molecule has 2 fully saturated rings. The van der Waals surface area contributed by atoms with Crippen LogP contribution in [0.5, 0.6) is 0 Å². The Bertz CT molecular complexity index is 264. The summed E-state index contributed by atoms with van der Waals surface area (Å²) in [6.45, 7) is 5.86. The van der Waals surface area contributed by atoms with Crippen molar-refractivity contribution in [2.45, 2.75) is 26.3 Å². The third-order valence-electron chi connectivity index (χ3n) is 2.97. The van der Waals surface area contributed by atoms with E-state index in [1.54, 1.807) is 0 Å². The minimum absolute atomic E-state index is 0.130. The van der Waals surface area contributed by atoms with Crippen molar-refractivity contribution in [3.63, 3.8) is 0 Å². The molecule has 13 heavy (non-hydrogen) atoms. The summed E-state index contributed by atoms with van der Waals surface area (Å²) in [6, 6.07) is 0.441. The molecule has 0 aromatic carbocycles. The van der Waals surface area contributed by atoms with Crippen molar-refractivity contribution in [3.05, 3.63) is 11.1 Å². The lowest BCUT2D eigenvalue weighted by Gasteiger charge is -2.21. The molecule has 1 amide bonds. The van der Waals surface area contributed by atoms with E-state index in [0.717, 1.165) is 25.1 Å². The molecule has 0 spiro atoms. The van der Waals surface area contributed by atoms with Crippen LogP contribution in [0.3, 0.4) is 0 Å². The highest BCUT2D eigenvalue weighted by atomic mass is 16.1. The highest BCUT2D eigenvalue weighted by Gasteiger charge is 2.34. The molecule has 3 heteroatoms. The topological polar surface area (TPSA) is 41.1 Å². The van der Waals surface area contributed by atoms with Gasteiger partial charge in [-0.25, -0.2) is 0 Å². The Morgan fingerprint density at radius 3 is 2.54 bits per heavy atom. The molecule has 0 aromatic rings. The summed E-state index contributed by atoms with van der Waals surface area (Å²) < 4.78 is 0. The zero-order valence-corrected chi connectivity index (χ0v) is 8.18. The molecule has 1 saturated heterocycles. The Morgan fingerprint density at radius 2 is 2.15 bits per heavy atom. The van der Waals surface area contributed by atoms with E-state index in [-0.39, 0.29) is 5.91 Å². The van der Waals surface area contributed by atoms with Gasteiger partial charge >= 0.3 is 0 Å². The molecule has 2 rings (SSSR count). The lowest BCUT2D eigenvalue weighted by atomic mass is 10.0. The predicted octanol–water partition coefficient (Wildman–Crippen LogP) is 0.431. The first-order chi connectivity index (χ1) is 6.18. The van der Waals surface area contributed by atoms with Crippen molar-refractivity contribution in [2.24, 2.45) is 5.92 Å². The Balaban J connectivity index is 1.89. The summed E-state index contributed by atoms with van der Waals surface area (Å²) in [5.41, 5.74) is 2.17. The maximum Gasteiger partial charge on any atom is 0.247 e. The van der Waals surface area contributed by atoms with Crippen molar-refractivity contribution in [2.75, 3.05) is 13.1 Å². The molecule has 1 aliphatic carbocycles. The second-order valence-electron chi connectivity index (χ2n) is 4.13. The van der Waals surface area contributed by atoms with Crippen molar-refractivity contribution >= 4 is 5.91 Å². The van der Waals surface area contributed by atoms with Crippen LogP contribution >= 0.6 is 0 Å². The van der Waals surface area contributed by atoms with Gasteiger partial charge in [0.15, 0.2) is 0 Å². The molecule has 0 bridgehead atoms. The number of hydrogen-bond acceptors (Lipinski definition) is 2. The van der Waals surface area contributed by atoms with Gasteiger partial charge in [-0.15, -0.1) is 0 Å². The average molecular weight is 180 g/mol. The first-order valence-electron chi connectivity index (χ1n) is 4.88. The normalized spacial score (nSPS) is 30.8. The summed E-state index contributed by atoms with van der Waals surface area (Å²) in [5, 5.41) is 6.16. The van der Waals surface area contributed by atoms with Gasteiger partial charge in [-0.2, -0.15) is 0 Å². The van der Waals surface area contributed by atoms with Gasteiger partial charge in [0.25, 0.3) is 0 Å². The van der Waals surface area contributed by atoms with E-state index in [2.05, 4.69) is 17.6 Å². The number of rotatable bonds is 2. The molecule has 0 aromatic heterocycles. The molecule has 2 N–H and O–H groups in total. The Morgan fingerprint density at radius 1 is 1.54 bits per heavy atom. The Kier molecular flexibility index (Phi) is 2.12. The molecule has 72 valence electrons. The monoisotopic (exact) mass is 180 g/mol. The van der Waals surface area contributed by atoms with Gasteiger partial charge in [-0.3, -0.25) is 4.79 Å². The third kappa shape index (κ3) is 1.75. The van der Waals surface area contributed by atoms with Gasteiger partial charge in [0.05, 0.1) is 0 Å². The molecule has 1 saturated carbocycles. The van der Waals surface area contributed by atoms with Crippen molar-refractivity contribution in [3.8, 4) is 0 Å². The van der Waals surface area contributed by atoms with Crippen molar-refractivity contribution in [1.82, 2.24) is 10.6 Å². The zero-order valence-electron chi connectivity index (χ0n) is 8.18. The summed E-state index contributed by atoms with van der Waals surface area (Å²) in [4.78, 5) is 11.6. The van der Waals surface area contributed by atoms with Crippen LogP contribution in [-0.2, 0) is 4.79 Å². The van der Waals surface area contributed by atoms with Crippen molar-refractivity contribution in [1.29, 1.82) is 0 Å². The molecule has 2 aliphatic rings. The molecule has 2 unspecified atom stereocenters. The van der Waals surface area contributed by atoms with Crippen LogP contribution in [-0.4, -0.2) is 25.0 Å². The second kappa shape index (κ2) is 3.14. The minimum Gasteiger partial charge on any atom is -0.349 e. The van der Waals surface area contributed by atoms with E-state index >= 15 is 0 Å². The van der Waals surface area contributed by atoms with E-state index in [1.807, 2.05) is 6.92 Å². The summed E-state index contributed by atoms with van der Waals surface area (Å²) in [5.74, 6) is 0.812. The van der Waals surface area contributed by atoms with Crippen LogP contribution in [0.15, 0.2) is 11.1 Å². The zero-order chi connectivity index (χ0) is 9.42. The summed E-state index contributed by atoms with van der Waals surface area (Å²) >= 11 is 0. The number of hydrogen-bond donors (Lipinski definition) is 2. The average Bonchev–Trinajstić information content (AvgIpc) is 2.62. The first-order valence-corrected chi connectivity index (χ1v) is 4.88. The molecule has 3 nitrogen and oxygen atoms in total. The van der Waals surface area contributed by atoms with E-state index in [9.17, 15) is 4.79 Å². The summed E-state index contributed by atoms with van der Waals surface area (Å²) in [6.07, 6.45) is 1.15. The number of amides is 1. The Labute approximate surface area is 78.6 Å². The number of carbonyl (C=O) groups is 1. The van der Waals surface area contributed by atoms with Crippen LogP contribution < -0.4 is 10.6 Å². The fraction of sp³-hybridized carbons (Fsp3) is 0.700. The number of nitrogens with one attached hydrogen (secondary N) is 2. The molecular formula is C10H16N2O. The largest absolute Gasteiger partial charge is 0.349 e. The number of carbonyl (C=O) groups excluding carboxylic acids is 1. The van der Waals surface area contributed by atoms with Crippen LogP contribution in [0.1, 0.15) is 20.3 Å². The van der Waals surface area contributed by atoms with Crippen LogP contribution in [0, 0.1) is 5.92 Å². The summed E-state index contributed by atoms with van der Waals surface area (Å²) in [7, 11) is 0. The predicted molar refractivity (Wildman–Crippen MR) is 51.3 cm³/mol. The van der Waals surface area contributed by atoms with E-state index in [1.165, 1.54) is 5.57 Å². The van der Waals surface area contributed by atoms with Gasteiger partial charge < -0.3 is 10.6 Å². The molecule has 2 atom stereocenters. The SMILES string of the molecule is CC(C(=O)NC1CC1C)=C1CNC1. The maximum absolute atomic E-state index is 11.6. The molecule has 0 radical (unpaired) electrons. The highest BCUT2D eigenvalue weighted by Crippen LogP contribution is 2.29. The minimum atomic E-state index is 0.130. The Hall–Kier alpha value is -0.830. The fourth-order valence-electron chi connectivity index (χ4n) is 1.48. The van der Waals surface area contributed by atoms with Crippen LogP contribution in [0.2, 0.25) is 0 Å². The first kappa shape index (κ1) is 8.75. The maximum atomic E-state index is 11.6. The standard InChI is InChI=1S/C10H16N2O/c1-6-3-9(6)12-10(13)7(2)8-4-11-5-8/h6,9,11H,3-5H2,1-2H3,(H,12,13). The van der Waals surface area contributed by atoms with Crippen LogP contribution in [0.4, 0.5) is 0 Å². The van der Waals surface area contributed by atoms with E-state index < -0.39 is 0 Å². The van der Waals surface area contributed by atoms with E-state index in [0.29, 0.717) is 12.0 Å². The fourth-order valence-corrected chi connectivity index (χ4v) is 1.48. The lowest BCUT2D eigenvalue weighted by Crippen LogP contribution is -2.38. The highest BCUT2D eigenvalue weighted by molar-refractivity contribution is 5.94. The van der Waals surface area contributed by atoms with Gasteiger partial charge in [-0.1, -0.05) is 6.92 Å². The smallest absolute Gasteiger partial charge is 0.247 e. The van der Waals surface area contributed by atoms with Gasteiger partial charge in [0, 0.05) is 24.7 Å².